The number of hydrogen-bond donors (Lipinski definition) is 1. The van der Waals surface area contributed by atoms with Gasteiger partial charge in [-0.3, -0.25) is 4.79 Å². The van der Waals surface area contributed by atoms with E-state index in [9.17, 15) is 13.2 Å². The third-order valence-corrected chi connectivity index (χ3v) is 8.61. The van der Waals surface area contributed by atoms with Gasteiger partial charge in [0.1, 0.15) is 0 Å². The van der Waals surface area contributed by atoms with Crippen molar-refractivity contribution in [1.82, 2.24) is 9.62 Å². The fourth-order valence-corrected chi connectivity index (χ4v) is 6.25. The van der Waals surface area contributed by atoms with Gasteiger partial charge in [-0.25, -0.2) is 12.7 Å². The van der Waals surface area contributed by atoms with Crippen LogP contribution >= 0.6 is 0 Å². The van der Waals surface area contributed by atoms with Gasteiger partial charge in [-0.1, -0.05) is 90.5 Å². The van der Waals surface area contributed by atoms with Crippen LogP contribution in [0, 0.1) is 12.8 Å². The first kappa shape index (κ1) is 25.1. The molecular weight excluding hydrogens is 456 g/mol. The highest BCUT2D eigenvalue weighted by molar-refractivity contribution is 7.89. The number of nitrogens with zero attached hydrogens (tertiary/aromatic N) is 1. The van der Waals surface area contributed by atoms with Gasteiger partial charge in [0.15, 0.2) is 0 Å². The second-order valence-electron chi connectivity index (χ2n) is 9.37. The van der Waals surface area contributed by atoms with Crippen LogP contribution < -0.4 is 5.32 Å². The molecule has 1 N–H and O–H groups in total. The normalized spacial score (nSPS) is 17.6. The molecule has 0 radical (unpaired) electrons. The van der Waals surface area contributed by atoms with Crippen molar-refractivity contribution in [2.75, 3.05) is 18.8 Å². The highest BCUT2D eigenvalue weighted by Gasteiger charge is 2.33. The highest BCUT2D eigenvalue weighted by atomic mass is 32.2. The number of hydrogen-bond acceptors (Lipinski definition) is 3. The molecule has 3 aromatic rings. The minimum absolute atomic E-state index is 0.0939. The monoisotopic (exact) mass is 490 g/mol. The zero-order valence-electron chi connectivity index (χ0n) is 20.3. The predicted molar refractivity (Wildman–Crippen MR) is 140 cm³/mol. The molecule has 2 unspecified atom stereocenters. The standard InChI is InChI=1S/C29H34N2O3S/c1-23-16-18-26(19-17-23)28(25-13-6-3-7-14-25)30-29(32)27-15-8-20-31(22-27)35(33,34)21-9-12-24-10-4-2-5-11-24/h2-7,10-11,13-14,16-19,27-28H,8-9,12,15,20-22H2,1H3,(H,30,32). The molecule has 0 spiro atoms. The first-order chi connectivity index (χ1) is 16.9. The summed E-state index contributed by atoms with van der Waals surface area (Å²) in [5.74, 6) is -0.348. The van der Waals surface area contributed by atoms with E-state index in [4.69, 9.17) is 0 Å². The maximum Gasteiger partial charge on any atom is 0.225 e. The highest BCUT2D eigenvalue weighted by Crippen LogP contribution is 2.26. The minimum atomic E-state index is -3.40. The summed E-state index contributed by atoms with van der Waals surface area (Å²) in [4.78, 5) is 13.4. The fourth-order valence-electron chi connectivity index (χ4n) is 4.67. The number of sulfonamides is 1. The molecule has 0 saturated carbocycles. The van der Waals surface area contributed by atoms with Crippen LogP contribution in [0.2, 0.25) is 0 Å². The molecule has 184 valence electrons. The largest absolute Gasteiger partial charge is 0.345 e. The molecule has 1 aliphatic rings. The van der Waals surface area contributed by atoms with Crippen LogP contribution in [0.5, 0.6) is 0 Å². The molecule has 1 fully saturated rings. The Bertz CT molecular complexity index is 1200. The average Bonchev–Trinajstić information content (AvgIpc) is 2.89. The van der Waals surface area contributed by atoms with E-state index >= 15 is 0 Å². The van der Waals surface area contributed by atoms with Crippen LogP contribution in [0.1, 0.15) is 47.6 Å². The van der Waals surface area contributed by atoms with Crippen molar-refractivity contribution in [3.8, 4) is 0 Å². The third-order valence-electron chi connectivity index (χ3n) is 6.69. The molecule has 3 aromatic carbocycles. The van der Waals surface area contributed by atoms with Gasteiger partial charge in [-0.05, 0) is 49.3 Å². The Hall–Kier alpha value is -2.96. The summed E-state index contributed by atoms with van der Waals surface area (Å²) in [5.41, 5.74) is 4.32. The number of carbonyl (C=O) groups is 1. The maximum atomic E-state index is 13.4. The van der Waals surface area contributed by atoms with Crippen molar-refractivity contribution in [3.05, 3.63) is 107 Å². The minimum Gasteiger partial charge on any atom is -0.345 e. The maximum absolute atomic E-state index is 13.4. The van der Waals surface area contributed by atoms with Crippen LogP contribution in [0.4, 0.5) is 0 Å². The summed E-state index contributed by atoms with van der Waals surface area (Å²) in [5, 5.41) is 3.22. The zero-order valence-corrected chi connectivity index (χ0v) is 21.1. The van der Waals surface area contributed by atoms with Crippen molar-refractivity contribution < 1.29 is 13.2 Å². The Morgan fingerprint density at radius 2 is 1.57 bits per heavy atom. The topological polar surface area (TPSA) is 66.5 Å². The van der Waals surface area contributed by atoms with Gasteiger partial charge in [-0.2, -0.15) is 0 Å². The first-order valence-electron chi connectivity index (χ1n) is 12.4. The molecule has 1 amide bonds. The molecule has 6 heteroatoms. The van der Waals surface area contributed by atoms with E-state index < -0.39 is 10.0 Å². The number of benzene rings is 3. The molecule has 1 heterocycles. The molecule has 1 saturated heterocycles. The molecular formula is C29H34N2O3S. The second kappa shape index (κ2) is 11.6. The molecule has 5 nitrogen and oxygen atoms in total. The SMILES string of the molecule is Cc1ccc(C(NC(=O)C2CCCN(S(=O)(=O)CCCc3ccccc3)C2)c2ccccc2)cc1. The quantitative estimate of drug-likeness (QED) is 0.465. The summed E-state index contributed by atoms with van der Waals surface area (Å²) in [6.45, 7) is 2.77. The Kier molecular flexibility index (Phi) is 8.37. The lowest BCUT2D eigenvalue weighted by molar-refractivity contribution is -0.126. The lowest BCUT2D eigenvalue weighted by Gasteiger charge is -2.32. The Morgan fingerprint density at radius 1 is 0.943 bits per heavy atom. The van der Waals surface area contributed by atoms with E-state index in [1.807, 2.05) is 91.9 Å². The van der Waals surface area contributed by atoms with Gasteiger partial charge in [0.25, 0.3) is 0 Å². The van der Waals surface area contributed by atoms with Gasteiger partial charge in [0.2, 0.25) is 15.9 Å². The van der Waals surface area contributed by atoms with Gasteiger partial charge in [0.05, 0.1) is 17.7 Å². The van der Waals surface area contributed by atoms with Crippen molar-refractivity contribution >= 4 is 15.9 Å². The molecule has 35 heavy (non-hydrogen) atoms. The molecule has 0 bridgehead atoms. The van der Waals surface area contributed by atoms with E-state index in [1.165, 1.54) is 4.31 Å². The lowest BCUT2D eigenvalue weighted by atomic mass is 9.94. The van der Waals surface area contributed by atoms with Gasteiger partial charge >= 0.3 is 0 Å². The third kappa shape index (κ3) is 6.80. The summed E-state index contributed by atoms with van der Waals surface area (Å²) >= 11 is 0. The molecule has 2 atom stereocenters. The van der Waals surface area contributed by atoms with E-state index in [0.717, 1.165) is 28.7 Å². The van der Waals surface area contributed by atoms with Crippen LogP contribution in [0.3, 0.4) is 0 Å². The molecule has 0 aliphatic carbocycles. The average molecular weight is 491 g/mol. The number of aryl methyl sites for hydroxylation is 2. The summed E-state index contributed by atoms with van der Waals surface area (Å²) in [6.07, 6.45) is 2.68. The smallest absolute Gasteiger partial charge is 0.225 e. The predicted octanol–water partition coefficient (Wildman–Crippen LogP) is 4.88. The van der Waals surface area contributed by atoms with Crippen LogP contribution in [-0.4, -0.2) is 37.5 Å². The summed E-state index contributed by atoms with van der Waals surface area (Å²) in [6, 6.07) is 27.7. The lowest BCUT2D eigenvalue weighted by Crippen LogP contribution is -2.46. The molecule has 4 rings (SSSR count). The fraction of sp³-hybridized carbons (Fsp3) is 0.345. The van der Waals surface area contributed by atoms with Crippen LogP contribution in [0.25, 0.3) is 0 Å². The number of nitrogens with one attached hydrogen (secondary N) is 1. The number of amides is 1. The van der Waals surface area contributed by atoms with Crippen molar-refractivity contribution in [2.24, 2.45) is 5.92 Å². The van der Waals surface area contributed by atoms with E-state index in [-0.39, 0.29) is 30.2 Å². The Balaban J connectivity index is 1.41. The van der Waals surface area contributed by atoms with E-state index in [1.54, 1.807) is 0 Å². The van der Waals surface area contributed by atoms with E-state index in [0.29, 0.717) is 25.8 Å². The van der Waals surface area contributed by atoms with E-state index in [2.05, 4.69) is 5.32 Å². The van der Waals surface area contributed by atoms with Crippen LogP contribution in [-0.2, 0) is 21.2 Å². The van der Waals surface area contributed by atoms with Crippen molar-refractivity contribution in [3.63, 3.8) is 0 Å². The molecule has 0 aromatic heterocycles. The number of piperidine rings is 1. The van der Waals surface area contributed by atoms with Gasteiger partial charge in [-0.15, -0.1) is 0 Å². The van der Waals surface area contributed by atoms with Gasteiger partial charge in [0, 0.05) is 13.1 Å². The number of rotatable bonds is 9. The summed E-state index contributed by atoms with van der Waals surface area (Å²) < 4.78 is 27.6. The molecule has 1 aliphatic heterocycles. The summed E-state index contributed by atoms with van der Waals surface area (Å²) in [7, 11) is -3.40. The van der Waals surface area contributed by atoms with Crippen LogP contribution in [0.15, 0.2) is 84.9 Å². The Labute approximate surface area is 209 Å². The first-order valence-corrected chi connectivity index (χ1v) is 14.0. The Morgan fingerprint density at radius 3 is 2.26 bits per heavy atom. The van der Waals surface area contributed by atoms with Crippen molar-refractivity contribution in [1.29, 1.82) is 0 Å². The van der Waals surface area contributed by atoms with Crippen molar-refractivity contribution in [2.45, 2.75) is 38.6 Å². The number of carbonyl (C=O) groups excluding carboxylic acids is 1. The van der Waals surface area contributed by atoms with Gasteiger partial charge < -0.3 is 5.32 Å². The second-order valence-corrected chi connectivity index (χ2v) is 11.5. The zero-order chi connectivity index (χ0) is 24.7.